The van der Waals surface area contributed by atoms with Crippen molar-refractivity contribution >= 4 is 17.0 Å². The fourth-order valence-corrected chi connectivity index (χ4v) is 2.22. The molecular weight excluding hydrogens is 194 g/mol. The van der Waals surface area contributed by atoms with Crippen LogP contribution in [0.4, 0.5) is 0 Å². The number of aromatic nitrogens is 1. The molecule has 0 amide bonds. The highest BCUT2D eigenvalue weighted by Gasteiger charge is 2.14. The van der Waals surface area contributed by atoms with Crippen molar-refractivity contribution in [2.24, 2.45) is 5.73 Å². The zero-order valence-corrected chi connectivity index (χ0v) is 9.58. The van der Waals surface area contributed by atoms with Crippen LogP contribution in [0.1, 0.15) is 29.4 Å². The summed E-state index contributed by atoms with van der Waals surface area (Å²) in [4.78, 5) is 5.71. The first-order chi connectivity index (χ1) is 6.77. The lowest BCUT2D eigenvalue weighted by molar-refractivity contribution is 0.643. The van der Waals surface area contributed by atoms with Crippen LogP contribution < -0.4 is 11.1 Å². The number of nitrogens with zero attached hydrogens (tertiary/aromatic N) is 1. The van der Waals surface area contributed by atoms with Gasteiger partial charge < -0.3 is 11.1 Å². The molecule has 0 spiro atoms. The Hall–Kier alpha value is -0.870. The van der Waals surface area contributed by atoms with Crippen LogP contribution in [0.3, 0.4) is 0 Å². The number of rotatable bonds is 1. The number of nitrogens with two attached hydrogens (primary N) is 1. The predicted molar refractivity (Wildman–Crippen MR) is 62.1 cm³/mol. The molecule has 0 atom stereocenters. The lowest BCUT2D eigenvalue weighted by atomic mass is 10.2. The molecule has 3 N–H and O–H groups in total. The first-order valence-electron chi connectivity index (χ1n) is 4.91. The smallest absolute Gasteiger partial charge is 0.139 e. The van der Waals surface area contributed by atoms with E-state index in [2.05, 4.69) is 16.9 Å². The van der Waals surface area contributed by atoms with Gasteiger partial charge in [-0.1, -0.05) is 20.4 Å². The maximum atomic E-state index is 5.56. The Morgan fingerprint density at radius 1 is 1.57 bits per heavy atom. The zero-order valence-electron chi connectivity index (χ0n) is 8.76. The second kappa shape index (κ2) is 5.12. The molecule has 4 heteroatoms. The average Bonchev–Trinajstić information content (AvgIpc) is 2.64. The number of fused-ring (bicyclic) bond motifs is 1. The third kappa shape index (κ3) is 2.33. The van der Waals surface area contributed by atoms with Crippen LogP contribution >= 0.6 is 11.3 Å². The molecule has 0 bridgehead atoms. The second-order valence-electron chi connectivity index (χ2n) is 2.84. The minimum Gasteiger partial charge on any atom is -0.397 e. The van der Waals surface area contributed by atoms with E-state index in [9.17, 15) is 0 Å². The lowest BCUT2D eigenvalue weighted by Crippen LogP contribution is -2.22. The van der Waals surface area contributed by atoms with Crippen molar-refractivity contribution < 1.29 is 0 Å². The SMILES string of the molecule is C=C(N)c1nc2c(s1)CNCC2.CC. The first kappa shape index (κ1) is 11.2. The highest BCUT2D eigenvalue weighted by atomic mass is 32.1. The molecule has 0 unspecified atom stereocenters. The summed E-state index contributed by atoms with van der Waals surface area (Å²) < 4.78 is 0. The summed E-state index contributed by atoms with van der Waals surface area (Å²) in [5.74, 6) is 0. The van der Waals surface area contributed by atoms with Gasteiger partial charge in [0, 0.05) is 24.4 Å². The maximum absolute atomic E-state index is 5.56. The molecule has 0 fully saturated rings. The van der Waals surface area contributed by atoms with Crippen molar-refractivity contribution in [3.63, 3.8) is 0 Å². The van der Waals surface area contributed by atoms with Crippen LogP contribution in [0.15, 0.2) is 6.58 Å². The van der Waals surface area contributed by atoms with Crippen molar-refractivity contribution in [1.29, 1.82) is 0 Å². The molecule has 2 heterocycles. The van der Waals surface area contributed by atoms with E-state index in [1.807, 2.05) is 13.8 Å². The predicted octanol–water partition coefficient (Wildman–Crippen LogP) is 1.74. The van der Waals surface area contributed by atoms with Crippen LogP contribution in [-0.4, -0.2) is 11.5 Å². The van der Waals surface area contributed by atoms with Gasteiger partial charge in [0.2, 0.25) is 0 Å². The average molecular weight is 211 g/mol. The summed E-state index contributed by atoms with van der Waals surface area (Å²) in [7, 11) is 0. The number of hydrogen-bond acceptors (Lipinski definition) is 4. The number of thiazole rings is 1. The van der Waals surface area contributed by atoms with E-state index < -0.39 is 0 Å². The van der Waals surface area contributed by atoms with Gasteiger partial charge >= 0.3 is 0 Å². The van der Waals surface area contributed by atoms with E-state index in [-0.39, 0.29) is 0 Å². The normalized spacial score (nSPS) is 13.9. The van der Waals surface area contributed by atoms with Crippen molar-refractivity contribution in [3.8, 4) is 0 Å². The standard InChI is InChI=1S/C8H11N3S.C2H6/c1-5(9)8-11-6-2-3-10-4-7(6)12-8;1-2/h10H,1-4,9H2;1-2H3. The molecule has 1 aliphatic rings. The Morgan fingerprint density at radius 2 is 2.29 bits per heavy atom. The minimum absolute atomic E-state index is 0.578. The molecule has 1 aromatic rings. The van der Waals surface area contributed by atoms with E-state index in [1.54, 1.807) is 11.3 Å². The van der Waals surface area contributed by atoms with Crippen LogP contribution in [0, 0.1) is 0 Å². The van der Waals surface area contributed by atoms with Gasteiger partial charge in [0.25, 0.3) is 0 Å². The van der Waals surface area contributed by atoms with Crippen LogP contribution in [-0.2, 0) is 13.0 Å². The summed E-state index contributed by atoms with van der Waals surface area (Å²) in [5.41, 5.74) is 7.33. The Kier molecular flexibility index (Phi) is 4.10. The topological polar surface area (TPSA) is 50.9 Å². The lowest BCUT2D eigenvalue weighted by Gasteiger charge is -2.09. The zero-order chi connectivity index (χ0) is 10.6. The molecule has 1 aliphatic heterocycles. The second-order valence-corrected chi connectivity index (χ2v) is 3.92. The molecule has 0 radical (unpaired) electrons. The maximum Gasteiger partial charge on any atom is 0.139 e. The van der Waals surface area contributed by atoms with Gasteiger partial charge in [0.1, 0.15) is 5.01 Å². The molecule has 1 aromatic heterocycles. The molecule has 0 aromatic carbocycles. The van der Waals surface area contributed by atoms with E-state index >= 15 is 0 Å². The van der Waals surface area contributed by atoms with Crippen molar-refractivity contribution in [2.45, 2.75) is 26.8 Å². The monoisotopic (exact) mass is 211 g/mol. The van der Waals surface area contributed by atoms with Crippen molar-refractivity contribution in [3.05, 3.63) is 22.2 Å². The summed E-state index contributed by atoms with van der Waals surface area (Å²) in [6.07, 6.45) is 1.01. The van der Waals surface area contributed by atoms with E-state index in [0.717, 1.165) is 24.5 Å². The van der Waals surface area contributed by atoms with Gasteiger partial charge in [-0.2, -0.15) is 0 Å². The van der Waals surface area contributed by atoms with Gasteiger partial charge in [-0.15, -0.1) is 11.3 Å². The van der Waals surface area contributed by atoms with Crippen molar-refractivity contribution in [2.75, 3.05) is 6.54 Å². The quantitative estimate of drug-likeness (QED) is 0.744. The number of hydrogen-bond donors (Lipinski definition) is 2. The number of nitrogens with one attached hydrogen (secondary N) is 1. The molecule has 0 saturated carbocycles. The fraction of sp³-hybridized carbons (Fsp3) is 0.500. The van der Waals surface area contributed by atoms with Crippen LogP contribution in [0.2, 0.25) is 0 Å². The van der Waals surface area contributed by atoms with Gasteiger partial charge in [0.05, 0.1) is 11.4 Å². The Balaban J connectivity index is 0.000000461. The van der Waals surface area contributed by atoms with Crippen molar-refractivity contribution in [1.82, 2.24) is 10.3 Å². The van der Waals surface area contributed by atoms with Crippen LogP contribution in [0.25, 0.3) is 5.70 Å². The molecule has 0 aliphatic carbocycles. The third-order valence-corrected chi connectivity index (χ3v) is 3.05. The minimum atomic E-state index is 0.578. The summed E-state index contributed by atoms with van der Waals surface area (Å²) >= 11 is 1.65. The molecule has 2 rings (SSSR count). The highest BCUT2D eigenvalue weighted by molar-refractivity contribution is 7.12. The summed E-state index contributed by atoms with van der Waals surface area (Å²) in [6, 6.07) is 0. The Morgan fingerprint density at radius 3 is 2.86 bits per heavy atom. The van der Waals surface area contributed by atoms with Gasteiger partial charge in [0.15, 0.2) is 0 Å². The molecule has 3 nitrogen and oxygen atoms in total. The fourth-order valence-electron chi connectivity index (χ4n) is 1.26. The Labute approximate surface area is 89.0 Å². The molecule has 0 saturated heterocycles. The van der Waals surface area contributed by atoms with Gasteiger partial charge in [-0.3, -0.25) is 0 Å². The van der Waals surface area contributed by atoms with E-state index in [4.69, 9.17) is 5.73 Å². The van der Waals surface area contributed by atoms with Gasteiger partial charge in [-0.05, 0) is 0 Å². The molecular formula is C10H17N3S. The third-order valence-electron chi connectivity index (χ3n) is 1.88. The molecule has 78 valence electrons. The molecule has 14 heavy (non-hydrogen) atoms. The van der Waals surface area contributed by atoms with E-state index in [1.165, 1.54) is 10.6 Å². The largest absolute Gasteiger partial charge is 0.397 e. The van der Waals surface area contributed by atoms with Gasteiger partial charge in [-0.25, -0.2) is 4.98 Å². The van der Waals surface area contributed by atoms with E-state index in [0.29, 0.717) is 5.70 Å². The first-order valence-corrected chi connectivity index (χ1v) is 5.73. The summed E-state index contributed by atoms with van der Waals surface area (Å²) in [5, 5.41) is 4.17. The highest BCUT2D eigenvalue weighted by Crippen LogP contribution is 2.23. The Bertz CT molecular complexity index is 294. The van der Waals surface area contributed by atoms with Crippen LogP contribution in [0.5, 0.6) is 0 Å². The summed E-state index contributed by atoms with van der Waals surface area (Å²) in [6.45, 7) is 9.63.